The van der Waals surface area contributed by atoms with Crippen molar-refractivity contribution < 1.29 is 14.7 Å². The van der Waals surface area contributed by atoms with Crippen molar-refractivity contribution in [3.8, 4) is 0 Å². The monoisotopic (exact) mass is 469 g/mol. The minimum Gasteiger partial charge on any atom is -0.394 e. The van der Waals surface area contributed by atoms with E-state index in [1.54, 1.807) is 24.3 Å². The molecule has 33 heavy (non-hydrogen) atoms. The van der Waals surface area contributed by atoms with Gasteiger partial charge in [0, 0.05) is 28.7 Å². The van der Waals surface area contributed by atoms with Crippen LogP contribution in [-0.2, 0) is 11.3 Å². The highest BCUT2D eigenvalue weighted by Gasteiger charge is 2.37. The normalized spacial score (nSPS) is 18.7. The average molecular weight is 470 g/mol. The van der Waals surface area contributed by atoms with E-state index in [1.807, 2.05) is 18.2 Å². The summed E-state index contributed by atoms with van der Waals surface area (Å²) in [5, 5.41) is 16.5. The van der Waals surface area contributed by atoms with Crippen molar-refractivity contribution in [1.29, 1.82) is 0 Å². The van der Waals surface area contributed by atoms with E-state index in [-0.39, 0.29) is 24.3 Å². The van der Waals surface area contributed by atoms with Gasteiger partial charge in [0.15, 0.2) is 0 Å². The molecule has 1 saturated carbocycles. The number of nitrogens with zero attached hydrogens (tertiary/aromatic N) is 1. The van der Waals surface area contributed by atoms with E-state index in [0.717, 1.165) is 69.4 Å². The molecule has 7 heteroatoms. The number of anilines is 1. The zero-order valence-electron chi connectivity index (χ0n) is 18.9. The fourth-order valence-electron chi connectivity index (χ4n) is 4.90. The topological polar surface area (TPSA) is 81.7 Å². The van der Waals surface area contributed by atoms with Gasteiger partial charge in [-0.05, 0) is 80.7 Å². The zero-order chi connectivity index (χ0) is 23.3. The molecule has 176 valence electrons. The minimum atomic E-state index is -0.398. The lowest BCUT2D eigenvalue weighted by atomic mass is 9.92. The predicted octanol–water partition coefficient (Wildman–Crippen LogP) is 4.23. The van der Waals surface area contributed by atoms with Crippen LogP contribution in [0, 0.1) is 5.92 Å². The number of likely N-dealkylation sites (tertiary alicyclic amines) is 1. The van der Waals surface area contributed by atoms with Gasteiger partial charge in [-0.1, -0.05) is 36.6 Å². The first kappa shape index (κ1) is 23.7. The third kappa shape index (κ3) is 6.14. The molecular formula is C26H32ClN3O3. The molecule has 1 aliphatic heterocycles. The number of piperidine rings is 1. The first-order valence-electron chi connectivity index (χ1n) is 11.8. The van der Waals surface area contributed by atoms with Gasteiger partial charge >= 0.3 is 0 Å². The van der Waals surface area contributed by atoms with Crippen molar-refractivity contribution in [1.82, 2.24) is 10.2 Å². The third-order valence-electron chi connectivity index (χ3n) is 6.91. The standard InChI is InChI=1S/C26H32ClN3O3/c27-22-8-6-20(7-9-22)24(32)28-23-5-3-4-19(16-23)17-30-14-10-21(11-15-30)25(33)29-26(18-31)12-1-2-13-26/h3-9,16,21,31H,1-2,10-15,17-18H2,(H,28,32)(H,29,33). The Kier molecular flexibility index (Phi) is 7.68. The molecule has 4 rings (SSSR count). The van der Waals surface area contributed by atoms with Crippen LogP contribution in [0.25, 0.3) is 0 Å². The van der Waals surface area contributed by atoms with Crippen molar-refractivity contribution in [2.24, 2.45) is 5.92 Å². The highest BCUT2D eigenvalue weighted by molar-refractivity contribution is 6.30. The van der Waals surface area contributed by atoms with Gasteiger partial charge in [0.1, 0.15) is 0 Å². The lowest BCUT2D eigenvalue weighted by Gasteiger charge is -2.34. The largest absolute Gasteiger partial charge is 0.394 e. The SMILES string of the molecule is O=C(Nc1cccc(CN2CCC(C(=O)NC3(CO)CCCC3)CC2)c1)c1ccc(Cl)cc1. The molecule has 2 amide bonds. The molecule has 0 aromatic heterocycles. The Morgan fingerprint density at radius 3 is 2.42 bits per heavy atom. The maximum atomic E-state index is 12.8. The maximum Gasteiger partial charge on any atom is 0.255 e. The number of nitrogens with one attached hydrogen (secondary N) is 2. The third-order valence-corrected chi connectivity index (χ3v) is 7.16. The van der Waals surface area contributed by atoms with Crippen molar-refractivity contribution in [3.63, 3.8) is 0 Å². The summed E-state index contributed by atoms with van der Waals surface area (Å²) in [4.78, 5) is 27.6. The molecule has 1 saturated heterocycles. The summed E-state index contributed by atoms with van der Waals surface area (Å²) in [7, 11) is 0. The van der Waals surface area contributed by atoms with Crippen LogP contribution in [0.3, 0.4) is 0 Å². The van der Waals surface area contributed by atoms with Crippen LogP contribution in [-0.4, -0.2) is 47.1 Å². The zero-order valence-corrected chi connectivity index (χ0v) is 19.6. The smallest absolute Gasteiger partial charge is 0.255 e. The number of carbonyl (C=O) groups is 2. The fraction of sp³-hybridized carbons (Fsp3) is 0.462. The summed E-state index contributed by atoms with van der Waals surface area (Å²) in [5.41, 5.74) is 2.04. The molecule has 6 nitrogen and oxygen atoms in total. The van der Waals surface area contributed by atoms with E-state index in [1.165, 1.54) is 0 Å². The van der Waals surface area contributed by atoms with Gasteiger partial charge < -0.3 is 15.7 Å². The van der Waals surface area contributed by atoms with Gasteiger partial charge in [-0.15, -0.1) is 0 Å². The minimum absolute atomic E-state index is 0.00951. The Morgan fingerprint density at radius 1 is 1.06 bits per heavy atom. The summed E-state index contributed by atoms with van der Waals surface area (Å²) in [6.07, 6.45) is 5.52. The number of rotatable bonds is 7. The Hall–Kier alpha value is -2.41. The number of carbonyl (C=O) groups excluding carboxylic acids is 2. The number of aliphatic hydroxyl groups is 1. The number of hydrogen-bond donors (Lipinski definition) is 3. The van der Waals surface area contributed by atoms with Gasteiger partial charge in [-0.25, -0.2) is 0 Å². The Morgan fingerprint density at radius 2 is 1.76 bits per heavy atom. The number of aliphatic hydroxyl groups excluding tert-OH is 1. The Bertz CT molecular complexity index is 965. The molecule has 0 atom stereocenters. The highest BCUT2D eigenvalue weighted by Crippen LogP contribution is 2.30. The van der Waals surface area contributed by atoms with E-state index in [0.29, 0.717) is 10.6 Å². The predicted molar refractivity (Wildman–Crippen MR) is 130 cm³/mol. The summed E-state index contributed by atoms with van der Waals surface area (Å²) in [6.45, 7) is 2.51. The second-order valence-electron chi connectivity index (χ2n) is 9.35. The van der Waals surface area contributed by atoms with Crippen LogP contribution >= 0.6 is 11.6 Å². The van der Waals surface area contributed by atoms with Gasteiger partial charge in [0.25, 0.3) is 5.91 Å². The first-order valence-corrected chi connectivity index (χ1v) is 12.2. The summed E-state index contributed by atoms with van der Waals surface area (Å²) in [6, 6.07) is 14.7. The average Bonchev–Trinajstić information content (AvgIpc) is 3.29. The van der Waals surface area contributed by atoms with Crippen molar-refractivity contribution in [2.75, 3.05) is 25.0 Å². The molecule has 1 aliphatic carbocycles. The van der Waals surface area contributed by atoms with Crippen molar-refractivity contribution in [3.05, 3.63) is 64.7 Å². The van der Waals surface area contributed by atoms with Crippen molar-refractivity contribution in [2.45, 2.75) is 50.6 Å². The Balaban J connectivity index is 1.27. The molecular weight excluding hydrogens is 438 g/mol. The van der Waals surface area contributed by atoms with E-state index < -0.39 is 5.54 Å². The second-order valence-corrected chi connectivity index (χ2v) is 9.78. The lowest BCUT2D eigenvalue weighted by Crippen LogP contribution is -2.52. The molecule has 0 spiro atoms. The fourth-order valence-corrected chi connectivity index (χ4v) is 5.03. The van der Waals surface area contributed by atoms with Crippen LogP contribution in [0.5, 0.6) is 0 Å². The maximum absolute atomic E-state index is 12.8. The molecule has 0 radical (unpaired) electrons. The molecule has 2 aliphatic rings. The van der Waals surface area contributed by atoms with Gasteiger partial charge in [0.2, 0.25) is 5.91 Å². The van der Waals surface area contributed by atoms with Gasteiger partial charge in [-0.3, -0.25) is 14.5 Å². The summed E-state index contributed by atoms with van der Waals surface area (Å²) in [5.74, 6) is -0.0636. The second kappa shape index (κ2) is 10.7. The molecule has 2 fully saturated rings. The molecule has 3 N–H and O–H groups in total. The molecule has 2 aromatic carbocycles. The summed E-state index contributed by atoms with van der Waals surface area (Å²) >= 11 is 5.90. The van der Waals surface area contributed by atoms with Crippen LogP contribution in [0.1, 0.15) is 54.4 Å². The van der Waals surface area contributed by atoms with Crippen molar-refractivity contribution >= 4 is 29.1 Å². The van der Waals surface area contributed by atoms with E-state index in [9.17, 15) is 14.7 Å². The van der Waals surface area contributed by atoms with Crippen LogP contribution in [0.15, 0.2) is 48.5 Å². The van der Waals surface area contributed by atoms with Gasteiger partial charge in [0.05, 0.1) is 12.1 Å². The lowest BCUT2D eigenvalue weighted by molar-refractivity contribution is -0.129. The molecule has 1 heterocycles. The van der Waals surface area contributed by atoms with Crippen LogP contribution < -0.4 is 10.6 Å². The Labute approximate surface area is 200 Å². The van der Waals surface area contributed by atoms with E-state index >= 15 is 0 Å². The van der Waals surface area contributed by atoms with Crippen LogP contribution in [0.2, 0.25) is 5.02 Å². The number of benzene rings is 2. The number of hydrogen-bond acceptors (Lipinski definition) is 4. The number of halogens is 1. The van der Waals surface area contributed by atoms with E-state index in [2.05, 4.69) is 21.6 Å². The molecule has 0 unspecified atom stereocenters. The summed E-state index contributed by atoms with van der Waals surface area (Å²) < 4.78 is 0. The van der Waals surface area contributed by atoms with Gasteiger partial charge in [-0.2, -0.15) is 0 Å². The quantitative estimate of drug-likeness (QED) is 0.567. The first-order chi connectivity index (χ1) is 16.0. The highest BCUT2D eigenvalue weighted by atomic mass is 35.5. The van der Waals surface area contributed by atoms with Crippen LogP contribution in [0.4, 0.5) is 5.69 Å². The molecule has 2 aromatic rings. The van der Waals surface area contributed by atoms with E-state index in [4.69, 9.17) is 11.6 Å². The number of amides is 2. The molecule has 0 bridgehead atoms.